The molecule has 0 bridgehead atoms. The average Bonchev–Trinajstić information content (AvgIpc) is 2.75. The van der Waals surface area contributed by atoms with Crippen LogP contribution in [-0.4, -0.2) is 48.2 Å². The molecule has 0 saturated carbocycles. The fourth-order valence-corrected chi connectivity index (χ4v) is 1.84. The number of hydrogen-bond acceptors (Lipinski definition) is 3. The Balaban J connectivity index is 2.11. The van der Waals surface area contributed by atoms with Crippen LogP contribution < -0.4 is 5.32 Å². The molecule has 15 heavy (non-hydrogen) atoms. The van der Waals surface area contributed by atoms with Crippen molar-refractivity contribution < 1.29 is 9.90 Å². The minimum Gasteiger partial charge on any atom is -0.394 e. The van der Waals surface area contributed by atoms with Crippen LogP contribution in [0.15, 0.2) is 0 Å². The molecule has 0 aromatic rings. The fraction of sp³-hybridized carbons (Fsp3) is 0.909. The number of hydrogen-bond donors (Lipinski definition) is 2. The molecule has 0 spiro atoms. The van der Waals surface area contributed by atoms with Gasteiger partial charge in [0.2, 0.25) is 5.91 Å². The molecular weight excluding hydrogens is 192 g/mol. The van der Waals surface area contributed by atoms with Crippen LogP contribution in [0, 0.1) is 0 Å². The van der Waals surface area contributed by atoms with Crippen LogP contribution in [0.5, 0.6) is 0 Å². The standard InChI is InChI=1S/C11H22N2O2/c1-2-10(9-14)12-11(15)5-8-13-6-3-4-7-13/h10,14H,2-9H2,1H3,(H,12,15). The van der Waals surface area contributed by atoms with Gasteiger partial charge >= 0.3 is 0 Å². The normalized spacial score (nSPS) is 19.1. The average molecular weight is 214 g/mol. The number of aliphatic hydroxyl groups is 1. The Morgan fingerprint density at radius 3 is 2.67 bits per heavy atom. The second-order valence-corrected chi connectivity index (χ2v) is 4.15. The van der Waals surface area contributed by atoms with Crippen LogP contribution in [0.4, 0.5) is 0 Å². The van der Waals surface area contributed by atoms with Crippen molar-refractivity contribution in [2.24, 2.45) is 0 Å². The number of nitrogens with zero attached hydrogens (tertiary/aromatic N) is 1. The quantitative estimate of drug-likeness (QED) is 0.671. The Bertz CT molecular complexity index is 187. The maximum Gasteiger partial charge on any atom is 0.221 e. The van der Waals surface area contributed by atoms with Crippen LogP contribution in [0.2, 0.25) is 0 Å². The van der Waals surface area contributed by atoms with E-state index in [0.717, 1.165) is 26.1 Å². The third-order valence-corrected chi connectivity index (χ3v) is 2.93. The van der Waals surface area contributed by atoms with Gasteiger partial charge in [0, 0.05) is 13.0 Å². The second-order valence-electron chi connectivity index (χ2n) is 4.15. The van der Waals surface area contributed by atoms with Gasteiger partial charge in [0.25, 0.3) is 0 Å². The lowest BCUT2D eigenvalue weighted by Gasteiger charge is -2.17. The number of rotatable bonds is 6. The van der Waals surface area contributed by atoms with Gasteiger partial charge in [-0.2, -0.15) is 0 Å². The van der Waals surface area contributed by atoms with Crippen molar-refractivity contribution in [3.63, 3.8) is 0 Å². The molecule has 1 unspecified atom stereocenters. The maximum atomic E-state index is 11.5. The first-order valence-corrected chi connectivity index (χ1v) is 5.88. The van der Waals surface area contributed by atoms with Crippen molar-refractivity contribution in [2.75, 3.05) is 26.2 Å². The summed E-state index contributed by atoms with van der Waals surface area (Å²) in [6, 6.07) is -0.0731. The second kappa shape index (κ2) is 6.80. The van der Waals surface area contributed by atoms with E-state index in [0.29, 0.717) is 6.42 Å². The Morgan fingerprint density at radius 2 is 2.13 bits per heavy atom. The Morgan fingerprint density at radius 1 is 1.47 bits per heavy atom. The Kier molecular flexibility index (Phi) is 5.65. The number of carbonyl (C=O) groups is 1. The highest BCUT2D eigenvalue weighted by molar-refractivity contribution is 5.76. The van der Waals surface area contributed by atoms with Gasteiger partial charge in [-0.05, 0) is 32.4 Å². The summed E-state index contributed by atoms with van der Waals surface area (Å²) in [7, 11) is 0. The smallest absolute Gasteiger partial charge is 0.221 e. The highest BCUT2D eigenvalue weighted by atomic mass is 16.3. The Hall–Kier alpha value is -0.610. The number of likely N-dealkylation sites (tertiary alicyclic amines) is 1. The summed E-state index contributed by atoms with van der Waals surface area (Å²) in [4.78, 5) is 13.8. The first-order valence-electron chi connectivity index (χ1n) is 5.88. The van der Waals surface area contributed by atoms with E-state index in [1.165, 1.54) is 12.8 Å². The first-order chi connectivity index (χ1) is 7.26. The van der Waals surface area contributed by atoms with Gasteiger partial charge in [-0.3, -0.25) is 4.79 Å². The van der Waals surface area contributed by atoms with Crippen molar-refractivity contribution in [2.45, 2.75) is 38.6 Å². The SMILES string of the molecule is CCC(CO)NC(=O)CCN1CCCC1. The van der Waals surface area contributed by atoms with Crippen molar-refractivity contribution in [1.82, 2.24) is 10.2 Å². The van der Waals surface area contributed by atoms with E-state index < -0.39 is 0 Å². The van der Waals surface area contributed by atoms with Gasteiger partial charge in [-0.15, -0.1) is 0 Å². The first kappa shape index (κ1) is 12.5. The predicted octanol–water partition coefficient (Wildman–Crippen LogP) is 0.359. The molecule has 1 heterocycles. The molecule has 2 N–H and O–H groups in total. The number of nitrogens with one attached hydrogen (secondary N) is 1. The van der Waals surface area contributed by atoms with Gasteiger partial charge in [0.1, 0.15) is 0 Å². The number of amides is 1. The zero-order valence-electron chi connectivity index (χ0n) is 9.54. The number of aliphatic hydroxyl groups excluding tert-OH is 1. The third-order valence-electron chi connectivity index (χ3n) is 2.93. The zero-order chi connectivity index (χ0) is 11.1. The van der Waals surface area contributed by atoms with E-state index in [1.807, 2.05) is 6.92 Å². The fourth-order valence-electron chi connectivity index (χ4n) is 1.84. The van der Waals surface area contributed by atoms with Gasteiger partial charge < -0.3 is 15.3 Å². The topological polar surface area (TPSA) is 52.6 Å². The maximum absolute atomic E-state index is 11.5. The molecule has 1 atom stereocenters. The van der Waals surface area contributed by atoms with E-state index in [2.05, 4.69) is 10.2 Å². The zero-order valence-corrected chi connectivity index (χ0v) is 9.54. The van der Waals surface area contributed by atoms with Gasteiger partial charge in [-0.25, -0.2) is 0 Å². The molecule has 4 nitrogen and oxygen atoms in total. The number of carbonyl (C=O) groups excluding carboxylic acids is 1. The molecule has 1 amide bonds. The van der Waals surface area contributed by atoms with Crippen molar-refractivity contribution in [1.29, 1.82) is 0 Å². The summed E-state index contributed by atoms with van der Waals surface area (Å²) in [6.45, 7) is 5.11. The predicted molar refractivity (Wildman–Crippen MR) is 59.6 cm³/mol. The van der Waals surface area contributed by atoms with E-state index in [4.69, 9.17) is 5.11 Å². The van der Waals surface area contributed by atoms with Crippen molar-refractivity contribution in [3.05, 3.63) is 0 Å². The van der Waals surface area contributed by atoms with Crippen LogP contribution in [-0.2, 0) is 4.79 Å². The van der Waals surface area contributed by atoms with Crippen LogP contribution in [0.3, 0.4) is 0 Å². The highest BCUT2D eigenvalue weighted by Gasteiger charge is 2.14. The van der Waals surface area contributed by atoms with E-state index >= 15 is 0 Å². The largest absolute Gasteiger partial charge is 0.394 e. The lowest BCUT2D eigenvalue weighted by Crippen LogP contribution is -2.38. The molecule has 1 rings (SSSR count). The van der Waals surface area contributed by atoms with Crippen molar-refractivity contribution in [3.8, 4) is 0 Å². The van der Waals surface area contributed by atoms with Crippen LogP contribution in [0.25, 0.3) is 0 Å². The Labute approximate surface area is 91.6 Å². The van der Waals surface area contributed by atoms with Gasteiger partial charge in [-0.1, -0.05) is 6.92 Å². The van der Waals surface area contributed by atoms with Gasteiger partial charge in [0.05, 0.1) is 12.6 Å². The van der Waals surface area contributed by atoms with Gasteiger partial charge in [0.15, 0.2) is 0 Å². The summed E-state index contributed by atoms with van der Waals surface area (Å²) in [5.41, 5.74) is 0. The highest BCUT2D eigenvalue weighted by Crippen LogP contribution is 2.07. The molecule has 4 heteroatoms. The minimum atomic E-state index is -0.0731. The lowest BCUT2D eigenvalue weighted by atomic mass is 10.2. The molecular formula is C11H22N2O2. The summed E-state index contributed by atoms with van der Waals surface area (Å²) in [5, 5.41) is 11.8. The summed E-state index contributed by atoms with van der Waals surface area (Å²) in [6.07, 6.45) is 3.86. The molecule has 1 aliphatic rings. The minimum absolute atomic E-state index is 0.0337. The summed E-state index contributed by atoms with van der Waals surface area (Å²) >= 11 is 0. The summed E-state index contributed by atoms with van der Waals surface area (Å²) < 4.78 is 0. The van der Waals surface area contributed by atoms with E-state index in [1.54, 1.807) is 0 Å². The molecule has 0 aliphatic carbocycles. The molecule has 88 valence electrons. The van der Waals surface area contributed by atoms with Crippen LogP contribution >= 0.6 is 0 Å². The molecule has 0 aromatic carbocycles. The molecule has 0 aromatic heterocycles. The molecule has 1 fully saturated rings. The monoisotopic (exact) mass is 214 g/mol. The van der Waals surface area contributed by atoms with Crippen molar-refractivity contribution >= 4 is 5.91 Å². The summed E-state index contributed by atoms with van der Waals surface area (Å²) in [5.74, 6) is 0.0581. The molecule has 1 aliphatic heterocycles. The molecule has 1 saturated heterocycles. The molecule has 0 radical (unpaired) electrons. The van der Waals surface area contributed by atoms with E-state index in [-0.39, 0.29) is 18.6 Å². The van der Waals surface area contributed by atoms with E-state index in [9.17, 15) is 4.79 Å². The third kappa shape index (κ3) is 4.62. The lowest BCUT2D eigenvalue weighted by molar-refractivity contribution is -0.122. The van der Waals surface area contributed by atoms with Crippen LogP contribution in [0.1, 0.15) is 32.6 Å².